The van der Waals surface area contributed by atoms with Crippen LogP contribution in [0.4, 0.5) is 8.78 Å². The van der Waals surface area contributed by atoms with E-state index in [-0.39, 0.29) is 18.0 Å². The van der Waals surface area contributed by atoms with E-state index in [1.807, 2.05) is 0 Å². The van der Waals surface area contributed by atoms with Crippen LogP contribution >= 0.6 is 0 Å². The van der Waals surface area contributed by atoms with E-state index >= 15 is 0 Å². The van der Waals surface area contributed by atoms with E-state index in [0.717, 1.165) is 23.8 Å². The quantitative estimate of drug-likeness (QED) is 0.853. The molecule has 0 fully saturated rings. The third-order valence-corrected chi connectivity index (χ3v) is 3.43. The second kappa shape index (κ2) is 5.04. The molecule has 0 N–H and O–H groups in total. The van der Waals surface area contributed by atoms with Crippen LogP contribution < -0.4 is 4.74 Å². The Hall–Kier alpha value is -2.23. The zero-order valence-electron chi connectivity index (χ0n) is 10.7. The van der Waals surface area contributed by atoms with Crippen LogP contribution in [-0.2, 0) is 13.0 Å². The van der Waals surface area contributed by atoms with Crippen LogP contribution in [0, 0.1) is 11.6 Å². The number of carbonyl (C=O) groups is 1. The van der Waals surface area contributed by atoms with Gasteiger partial charge >= 0.3 is 0 Å². The van der Waals surface area contributed by atoms with Crippen molar-refractivity contribution in [2.75, 3.05) is 0 Å². The summed E-state index contributed by atoms with van der Waals surface area (Å²) in [6, 6.07) is 8.50. The molecule has 0 aromatic heterocycles. The maximum Gasteiger partial charge on any atom is 0.163 e. The van der Waals surface area contributed by atoms with Crippen LogP contribution in [0.15, 0.2) is 36.4 Å². The van der Waals surface area contributed by atoms with Gasteiger partial charge in [-0.25, -0.2) is 8.78 Å². The van der Waals surface area contributed by atoms with E-state index in [0.29, 0.717) is 24.2 Å². The standard InChI is InChI=1S/C16H12F2O2/c17-11-4-6-14(18)10(8-11)9-20-16-3-1-2-12-13(16)5-7-15(12)19/h1-4,6,8H,5,7,9H2. The molecule has 0 radical (unpaired) electrons. The topological polar surface area (TPSA) is 26.3 Å². The van der Waals surface area contributed by atoms with E-state index in [4.69, 9.17) is 4.74 Å². The summed E-state index contributed by atoms with van der Waals surface area (Å²) in [7, 11) is 0. The molecule has 0 saturated heterocycles. The first-order valence-corrected chi connectivity index (χ1v) is 6.37. The minimum Gasteiger partial charge on any atom is -0.488 e. The molecule has 0 unspecified atom stereocenters. The predicted octanol–water partition coefficient (Wildman–Crippen LogP) is 3.67. The largest absolute Gasteiger partial charge is 0.488 e. The van der Waals surface area contributed by atoms with E-state index < -0.39 is 11.6 Å². The van der Waals surface area contributed by atoms with Crippen LogP contribution in [0.5, 0.6) is 5.75 Å². The number of carbonyl (C=O) groups excluding carboxylic acids is 1. The fourth-order valence-corrected chi connectivity index (χ4v) is 2.40. The minimum atomic E-state index is -0.505. The van der Waals surface area contributed by atoms with Crippen molar-refractivity contribution in [2.24, 2.45) is 0 Å². The predicted molar refractivity (Wildman–Crippen MR) is 69.8 cm³/mol. The Bertz CT molecular complexity index is 680. The molecule has 2 nitrogen and oxygen atoms in total. The molecule has 0 saturated carbocycles. The molecule has 102 valence electrons. The van der Waals surface area contributed by atoms with E-state index in [9.17, 15) is 13.6 Å². The lowest BCUT2D eigenvalue weighted by molar-refractivity contribution is 0.0994. The van der Waals surface area contributed by atoms with E-state index in [1.54, 1.807) is 18.2 Å². The fraction of sp³-hybridized carbons (Fsp3) is 0.188. The fourth-order valence-electron chi connectivity index (χ4n) is 2.40. The molecule has 0 atom stereocenters. The Morgan fingerprint density at radius 3 is 2.80 bits per heavy atom. The Labute approximate surface area is 115 Å². The van der Waals surface area contributed by atoms with Gasteiger partial charge in [-0.1, -0.05) is 12.1 Å². The maximum atomic E-state index is 13.5. The number of benzene rings is 2. The Morgan fingerprint density at radius 1 is 1.10 bits per heavy atom. The molecule has 1 aliphatic rings. The van der Waals surface area contributed by atoms with E-state index in [2.05, 4.69) is 0 Å². The summed E-state index contributed by atoms with van der Waals surface area (Å²) >= 11 is 0. The lowest BCUT2D eigenvalue weighted by Gasteiger charge is -2.11. The normalized spacial score (nSPS) is 13.4. The number of Topliss-reactive ketones (excluding diaryl/α,β-unsaturated/α-hetero) is 1. The van der Waals surface area contributed by atoms with Gasteiger partial charge in [-0.05, 0) is 30.7 Å². The van der Waals surface area contributed by atoms with Gasteiger partial charge in [0.15, 0.2) is 5.78 Å². The molecule has 0 amide bonds. The van der Waals surface area contributed by atoms with Gasteiger partial charge in [0.05, 0.1) is 0 Å². The van der Waals surface area contributed by atoms with Crippen molar-refractivity contribution in [1.82, 2.24) is 0 Å². The zero-order valence-corrected chi connectivity index (χ0v) is 10.7. The van der Waals surface area contributed by atoms with Gasteiger partial charge in [0.2, 0.25) is 0 Å². The van der Waals surface area contributed by atoms with Crippen LogP contribution in [0.2, 0.25) is 0 Å². The summed E-state index contributed by atoms with van der Waals surface area (Å²) < 4.78 is 32.1. The van der Waals surface area contributed by atoms with E-state index in [1.165, 1.54) is 0 Å². The van der Waals surface area contributed by atoms with Gasteiger partial charge < -0.3 is 4.74 Å². The van der Waals surface area contributed by atoms with Gasteiger partial charge in [0.1, 0.15) is 24.0 Å². The van der Waals surface area contributed by atoms with Gasteiger partial charge in [-0.3, -0.25) is 4.79 Å². The molecule has 0 spiro atoms. The average Bonchev–Trinajstić information content (AvgIpc) is 2.82. The summed E-state index contributed by atoms with van der Waals surface area (Å²) in [4.78, 5) is 11.6. The van der Waals surface area contributed by atoms with Crippen molar-refractivity contribution < 1.29 is 18.3 Å². The van der Waals surface area contributed by atoms with Crippen molar-refractivity contribution in [3.05, 3.63) is 64.7 Å². The van der Waals surface area contributed by atoms with Crippen molar-refractivity contribution in [3.8, 4) is 5.75 Å². The Morgan fingerprint density at radius 2 is 1.95 bits per heavy atom. The zero-order chi connectivity index (χ0) is 14.1. The number of rotatable bonds is 3. The summed E-state index contributed by atoms with van der Waals surface area (Å²) in [6.45, 7) is -0.0613. The number of ether oxygens (including phenoxy) is 1. The van der Waals surface area contributed by atoms with Crippen molar-refractivity contribution in [2.45, 2.75) is 19.4 Å². The monoisotopic (exact) mass is 274 g/mol. The van der Waals surface area contributed by atoms with Gasteiger partial charge in [0.25, 0.3) is 0 Å². The molecular weight excluding hydrogens is 262 g/mol. The number of halogens is 2. The molecule has 4 heteroatoms. The first-order valence-electron chi connectivity index (χ1n) is 6.37. The van der Waals surface area contributed by atoms with Crippen LogP contribution in [0.3, 0.4) is 0 Å². The molecule has 20 heavy (non-hydrogen) atoms. The summed E-state index contributed by atoms with van der Waals surface area (Å²) in [5, 5.41) is 0. The Kier molecular flexibility index (Phi) is 3.22. The third kappa shape index (κ3) is 2.29. The summed E-state index contributed by atoms with van der Waals surface area (Å²) in [5.74, 6) is -0.340. The molecule has 1 aliphatic carbocycles. The average molecular weight is 274 g/mol. The molecule has 2 aromatic rings. The molecule has 0 heterocycles. The number of hydrogen-bond acceptors (Lipinski definition) is 2. The molecule has 0 bridgehead atoms. The highest BCUT2D eigenvalue weighted by molar-refractivity contribution is 6.01. The molecule has 2 aromatic carbocycles. The first-order chi connectivity index (χ1) is 9.65. The summed E-state index contributed by atoms with van der Waals surface area (Å²) in [6.07, 6.45) is 1.11. The first kappa shape index (κ1) is 12.8. The van der Waals surface area contributed by atoms with Gasteiger partial charge in [0, 0.05) is 23.1 Å². The third-order valence-electron chi connectivity index (χ3n) is 3.43. The van der Waals surface area contributed by atoms with Crippen LogP contribution in [0.25, 0.3) is 0 Å². The minimum absolute atomic E-state index is 0.0613. The highest BCUT2D eigenvalue weighted by Gasteiger charge is 2.22. The van der Waals surface area contributed by atoms with Gasteiger partial charge in [-0.15, -0.1) is 0 Å². The van der Waals surface area contributed by atoms with Crippen molar-refractivity contribution >= 4 is 5.78 Å². The van der Waals surface area contributed by atoms with Gasteiger partial charge in [-0.2, -0.15) is 0 Å². The summed E-state index contributed by atoms with van der Waals surface area (Å²) in [5.41, 5.74) is 1.68. The molecule has 3 rings (SSSR count). The van der Waals surface area contributed by atoms with Crippen molar-refractivity contribution in [1.29, 1.82) is 0 Å². The second-order valence-corrected chi connectivity index (χ2v) is 4.73. The molecule has 0 aliphatic heterocycles. The van der Waals surface area contributed by atoms with Crippen molar-refractivity contribution in [3.63, 3.8) is 0 Å². The SMILES string of the molecule is O=C1CCc2c(OCc3cc(F)ccc3F)cccc21. The molecular formula is C16H12F2O2. The smallest absolute Gasteiger partial charge is 0.163 e. The highest BCUT2D eigenvalue weighted by Crippen LogP contribution is 2.31. The number of fused-ring (bicyclic) bond motifs is 1. The lowest BCUT2D eigenvalue weighted by Crippen LogP contribution is -2.01. The number of ketones is 1. The van der Waals surface area contributed by atoms with Crippen LogP contribution in [0.1, 0.15) is 27.9 Å². The highest BCUT2D eigenvalue weighted by atomic mass is 19.1. The maximum absolute atomic E-state index is 13.5. The Balaban J connectivity index is 1.83. The second-order valence-electron chi connectivity index (χ2n) is 4.73. The number of hydrogen-bond donors (Lipinski definition) is 0. The van der Waals surface area contributed by atoms with Crippen LogP contribution in [-0.4, -0.2) is 5.78 Å². The lowest BCUT2D eigenvalue weighted by atomic mass is 10.1.